The number of H-pyrrole nitrogens is 1. The van der Waals surface area contributed by atoms with Crippen LogP contribution in [0.2, 0.25) is 0 Å². The van der Waals surface area contributed by atoms with E-state index in [1.165, 1.54) is 0 Å². The molecule has 1 aromatic heterocycles. The third-order valence-electron chi connectivity index (χ3n) is 2.63. The summed E-state index contributed by atoms with van der Waals surface area (Å²) in [5, 5.41) is 29.9. The summed E-state index contributed by atoms with van der Waals surface area (Å²) in [5.41, 5.74) is -1.61. The quantitative estimate of drug-likeness (QED) is 0.381. The molecule has 0 saturated heterocycles. The number of nitrogens with zero attached hydrogens (tertiary/aromatic N) is 3. The van der Waals surface area contributed by atoms with E-state index in [0.29, 0.717) is 0 Å². The van der Waals surface area contributed by atoms with E-state index in [2.05, 4.69) is 9.97 Å². The lowest BCUT2D eigenvalue weighted by molar-refractivity contribution is -0.384. The number of hydrogen-bond donors (Lipinski definition) is 2. The molecule has 0 unspecified atom stereocenters. The van der Waals surface area contributed by atoms with Crippen LogP contribution in [0.1, 0.15) is 5.56 Å². The van der Waals surface area contributed by atoms with Crippen LogP contribution in [0.25, 0.3) is 11.3 Å². The van der Waals surface area contributed by atoms with E-state index in [9.17, 15) is 20.0 Å². The maximum Gasteiger partial charge on any atom is 0.279 e. The summed E-state index contributed by atoms with van der Waals surface area (Å²) < 4.78 is 0. The predicted molar refractivity (Wildman–Crippen MR) is 75.1 cm³/mol. The van der Waals surface area contributed by atoms with Crippen molar-refractivity contribution in [3.63, 3.8) is 0 Å². The molecule has 0 spiro atoms. The summed E-state index contributed by atoms with van der Waals surface area (Å²) in [4.78, 5) is 28.7. The third kappa shape index (κ3) is 2.70. The van der Waals surface area contributed by atoms with Crippen molar-refractivity contribution in [2.45, 2.75) is 5.16 Å². The Morgan fingerprint density at radius 1 is 1.52 bits per heavy atom. The number of aromatic amines is 1. The van der Waals surface area contributed by atoms with Gasteiger partial charge in [0.05, 0.1) is 10.5 Å². The monoisotopic (exact) mass is 304 g/mol. The molecule has 0 radical (unpaired) electrons. The Kier molecular flexibility index (Phi) is 3.91. The molecule has 0 aliphatic rings. The molecular weight excluding hydrogens is 296 g/mol. The summed E-state index contributed by atoms with van der Waals surface area (Å²) in [7, 11) is 0. The Morgan fingerprint density at radius 2 is 2.24 bits per heavy atom. The van der Waals surface area contributed by atoms with E-state index in [0.717, 1.165) is 30.0 Å². The van der Waals surface area contributed by atoms with Crippen LogP contribution in [0.15, 0.2) is 28.2 Å². The van der Waals surface area contributed by atoms with E-state index in [1.807, 2.05) is 0 Å². The molecule has 1 heterocycles. The molecular formula is C12H8N4O4S. The predicted octanol–water partition coefficient (Wildman–Crippen LogP) is 1.64. The summed E-state index contributed by atoms with van der Waals surface area (Å²) in [6.45, 7) is 0. The van der Waals surface area contributed by atoms with Crippen molar-refractivity contribution in [3.05, 3.63) is 44.2 Å². The lowest BCUT2D eigenvalue weighted by Gasteiger charge is -2.06. The van der Waals surface area contributed by atoms with E-state index < -0.39 is 10.5 Å². The number of aromatic hydroxyl groups is 1. The molecule has 1 aromatic carbocycles. The first kappa shape index (κ1) is 14.5. The number of aromatic nitrogens is 2. The number of phenols is 1. The van der Waals surface area contributed by atoms with Gasteiger partial charge in [0, 0.05) is 6.07 Å². The first-order chi connectivity index (χ1) is 9.97. The number of nitro benzene ring substituents is 1. The van der Waals surface area contributed by atoms with Gasteiger partial charge < -0.3 is 10.1 Å². The number of hydrogen-bond acceptors (Lipinski definition) is 7. The Morgan fingerprint density at radius 3 is 2.81 bits per heavy atom. The first-order valence-corrected chi connectivity index (χ1v) is 6.76. The number of thioether (sulfide) groups is 1. The molecule has 0 aliphatic carbocycles. The fourth-order valence-electron chi connectivity index (χ4n) is 1.72. The minimum Gasteiger partial charge on any atom is -0.508 e. The zero-order valence-electron chi connectivity index (χ0n) is 10.7. The summed E-state index contributed by atoms with van der Waals surface area (Å²) in [6, 6.07) is 5.02. The van der Waals surface area contributed by atoms with Crippen LogP contribution in [-0.2, 0) is 0 Å². The maximum absolute atomic E-state index is 11.8. The number of phenolic OH excluding ortho intramolecular Hbond substituents is 1. The van der Waals surface area contributed by atoms with E-state index >= 15 is 0 Å². The highest BCUT2D eigenvalue weighted by Crippen LogP contribution is 2.33. The highest BCUT2D eigenvalue weighted by Gasteiger charge is 2.22. The second kappa shape index (κ2) is 5.64. The lowest BCUT2D eigenvalue weighted by Crippen LogP contribution is -2.15. The zero-order valence-corrected chi connectivity index (χ0v) is 11.5. The van der Waals surface area contributed by atoms with Crippen LogP contribution >= 0.6 is 11.8 Å². The number of nitrogens with one attached hydrogen (secondary N) is 1. The molecule has 0 saturated carbocycles. The van der Waals surface area contributed by atoms with Crippen molar-refractivity contribution in [2.24, 2.45) is 0 Å². The molecule has 2 aromatic rings. The largest absolute Gasteiger partial charge is 0.508 e. The van der Waals surface area contributed by atoms with Gasteiger partial charge in [-0.3, -0.25) is 14.9 Å². The lowest BCUT2D eigenvalue weighted by atomic mass is 10.1. The van der Waals surface area contributed by atoms with Crippen molar-refractivity contribution in [1.29, 1.82) is 5.26 Å². The van der Waals surface area contributed by atoms with Gasteiger partial charge in [-0.1, -0.05) is 11.8 Å². The second-order valence-corrected chi connectivity index (χ2v) is 4.66. The highest BCUT2D eigenvalue weighted by atomic mass is 32.2. The Balaban J connectivity index is 2.87. The normalized spacial score (nSPS) is 10.1. The van der Waals surface area contributed by atoms with Gasteiger partial charge in [0.1, 0.15) is 23.1 Å². The van der Waals surface area contributed by atoms with E-state index in [1.54, 1.807) is 12.3 Å². The summed E-state index contributed by atoms with van der Waals surface area (Å²) in [6.07, 6.45) is 1.66. The molecule has 21 heavy (non-hydrogen) atoms. The molecule has 0 amide bonds. The number of nitro groups is 1. The summed E-state index contributed by atoms with van der Waals surface area (Å²) >= 11 is 1.12. The third-order valence-corrected chi connectivity index (χ3v) is 3.21. The van der Waals surface area contributed by atoms with Crippen LogP contribution in [-0.4, -0.2) is 26.3 Å². The SMILES string of the molecule is CSc1nc(-c2cc(O)ccc2[N+](=O)[O-])c(C#N)c(=O)[nH]1. The molecule has 0 fully saturated rings. The van der Waals surface area contributed by atoms with Gasteiger partial charge >= 0.3 is 0 Å². The minimum atomic E-state index is -0.690. The van der Waals surface area contributed by atoms with Crippen LogP contribution in [0.4, 0.5) is 5.69 Å². The van der Waals surface area contributed by atoms with Gasteiger partial charge in [-0.15, -0.1) is 0 Å². The fourth-order valence-corrected chi connectivity index (χ4v) is 2.10. The number of nitriles is 1. The Bertz CT molecular complexity index is 825. The Hall–Kier alpha value is -2.86. The van der Waals surface area contributed by atoms with Crippen molar-refractivity contribution in [2.75, 3.05) is 6.26 Å². The molecule has 0 aliphatic heterocycles. The number of benzene rings is 1. The van der Waals surface area contributed by atoms with Gasteiger partial charge in [-0.2, -0.15) is 5.26 Å². The molecule has 8 nitrogen and oxygen atoms in total. The zero-order chi connectivity index (χ0) is 15.6. The van der Waals surface area contributed by atoms with Crippen molar-refractivity contribution in [3.8, 4) is 23.1 Å². The van der Waals surface area contributed by atoms with Crippen LogP contribution in [0.5, 0.6) is 5.75 Å². The average Bonchev–Trinajstić information content (AvgIpc) is 2.45. The molecule has 2 N–H and O–H groups in total. The van der Waals surface area contributed by atoms with Gasteiger partial charge in [-0.25, -0.2) is 4.98 Å². The van der Waals surface area contributed by atoms with Crippen molar-refractivity contribution >= 4 is 17.4 Å². The average molecular weight is 304 g/mol. The van der Waals surface area contributed by atoms with Crippen molar-refractivity contribution < 1.29 is 10.0 Å². The second-order valence-electron chi connectivity index (χ2n) is 3.87. The number of rotatable bonds is 3. The standard InChI is InChI=1S/C12H8N4O4S/c1-21-12-14-10(8(5-13)11(18)15-12)7-4-6(17)2-3-9(7)16(19)20/h2-4,17H,1H3,(H,14,15,18). The topological polar surface area (TPSA) is 133 Å². The minimum absolute atomic E-state index is 0.0852. The van der Waals surface area contributed by atoms with Gasteiger partial charge in [0.15, 0.2) is 5.16 Å². The summed E-state index contributed by atoms with van der Waals surface area (Å²) in [5.74, 6) is -0.229. The first-order valence-electron chi connectivity index (χ1n) is 5.54. The van der Waals surface area contributed by atoms with Crippen LogP contribution in [0.3, 0.4) is 0 Å². The van der Waals surface area contributed by atoms with E-state index in [-0.39, 0.29) is 33.4 Å². The molecule has 106 valence electrons. The van der Waals surface area contributed by atoms with Crippen molar-refractivity contribution in [1.82, 2.24) is 9.97 Å². The molecule has 9 heteroatoms. The Labute approximate surface area is 122 Å². The fraction of sp³-hybridized carbons (Fsp3) is 0.0833. The molecule has 0 bridgehead atoms. The van der Waals surface area contributed by atoms with E-state index in [4.69, 9.17) is 5.26 Å². The maximum atomic E-state index is 11.8. The molecule has 2 rings (SSSR count). The highest BCUT2D eigenvalue weighted by molar-refractivity contribution is 7.98. The van der Waals surface area contributed by atoms with Gasteiger partial charge in [0.25, 0.3) is 11.2 Å². The smallest absolute Gasteiger partial charge is 0.279 e. The van der Waals surface area contributed by atoms with Gasteiger partial charge in [-0.05, 0) is 18.4 Å². The molecule has 0 atom stereocenters. The van der Waals surface area contributed by atoms with Gasteiger partial charge in [0.2, 0.25) is 0 Å². The van der Waals surface area contributed by atoms with Crippen LogP contribution in [0, 0.1) is 21.4 Å². The van der Waals surface area contributed by atoms with Crippen LogP contribution < -0.4 is 5.56 Å².